The number of benzene rings is 1. The molecule has 1 aromatic rings. The van der Waals surface area contributed by atoms with Crippen molar-refractivity contribution in [2.24, 2.45) is 5.92 Å². The van der Waals surface area contributed by atoms with Gasteiger partial charge in [0.1, 0.15) is 11.5 Å². The molecule has 1 saturated carbocycles. The molecule has 3 heteroatoms. The Hall–Kier alpha value is -1.02. The van der Waals surface area contributed by atoms with Crippen LogP contribution in [0.5, 0.6) is 5.75 Å². The van der Waals surface area contributed by atoms with Gasteiger partial charge in [-0.15, -0.1) is 0 Å². The third-order valence-electron chi connectivity index (χ3n) is 3.75. The fourth-order valence-corrected chi connectivity index (χ4v) is 2.78. The molecule has 19 heavy (non-hydrogen) atoms. The van der Waals surface area contributed by atoms with Crippen LogP contribution in [-0.2, 0) is 4.79 Å². The second kappa shape index (κ2) is 6.95. The van der Waals surface area contributed by atoms with E-state index >= 15 is 0 Å². The van der Waals surface area contributed by atoms with Gasteiger partial charge in [0.15, 0.2) is 0 Å². The molecule has 1 aliphatic carbocycles. The summed E-state index contributed by atoms with van der Waals surface area (Å²) in [6.07, 6.45) is 6.28. The topological polar surface area (TPSA) is 26.3 Å². The Balaban J connectivity index is 1.79. The van der Waals surface area contributed by atoms with Gasteiger partial charge in [-0.1, -0.05) is 36.9 Å². The molecule has 0 aliphatic heterocycles. The van der Waals surface area contributed by atoms with Crippen molar-refractivity contribution < 1.29 is 9.53 Å². The Bertz CT molecular complexity index is 436. The van der Waals surface area contributed by atoms with Crippen molar-refractivity contribution in [3.05, 3.63) is 28.8 Å². The van der Waals surface area contributed by atoms with Crippen molar-refractivity contribution in [1.82, 2.24) is 0 Å². The van der Waals surface area contributed by atoms with Crippen LogP contribution in [0.4, 0.5) is 0 Å². The highest BCUT2D eigenvalue weighted by atomic mass is 35.5. The quantitative estimate of drug-likeness (QED) is 0.790. The number of ether oxygens (including phenoxy) is 1. The van der Waals surface area contributed by atoms with Crippen molar-refractivity contribution in [3.8, 4) is 5.75 Å². The second-order valence-corrected chi connectivity index (χ2v) is 5.74. The number of hydrogen-bond acceptors (Lipinski definition) is 2. The molecule has 0 atom stereocenters. The predicted octanol–water partition coefficient (Wildman–Crippen LogP) is 4.57. The minimum Gasteiger partial charge on any atom is -0.492 e. The number of rotatable bonds is 5. The van der Waals surface area contributed by atoms with E-state index in [1.165, 1.54) is 19.3 Å². The van der Waals surface area contributed by atoms with Gasteiger partial charge >= 0.3 is 0 Å². The van der Waals surface area contributed by atoms with Gasteiger partial charge in [0.2, 0.25) is 0 Å². The van der Waals surface area contributed by atoms with Gasteiger partial charge in [0, 0.05) is 12.3 Å². The number of halogens is 1. The molecular formula is C16H21ClO2. The van der Waals surface area contributed by atoms with E-state index in [-0.39, 0.29) is 5.92 Å². The molecule has 0 heterocycles. The van der Waals surface area contributed by atoms with Gasteiger partial charge in [-0.25, -0.2) is 0 Å². The Morgan fingerprint density at radius 1 is 1.32 bits per heavy atom. The maximum Gasteiger partial charge on any atom is 0.139 e. The summed E-state index contributed by atoms with van der Waals surface area (Å²) in [4.78, 5) is 12.0. The lowest BCUT2D eigenvalue weighted by Gasteiger charge is -2.20. The number of aryl methyl sites for hydroxylation is 1. The normalized spacial score (nSPS) is 16.3. The molecule has 1 aromatic carbocycles. The van der Waals surface area contributed by atoms with E-state index in [0.29, 0.717) is 29.6 Å². The number of Topliss-reactive ketones (excluding diaryl/α,β-unsaturated/α-hetero) is 1. The van der Waals surface area contributed by atoms with E-state index < -0.39 is 0 Å². The molecule has 1 fully saturated rings. The van der Waals surface area contributed by atoms with E-state index in [1.807, 2.05) is 25.1 Å². The van der Waals surface area contributed by atoms with Crippen molar-refractivity contribution in [2.45, 2.75) is 45.4 Å². The number of ketones is 1. The van der Waals surface area contributed by atoms with Crippen LogP contribution >= 0.6 is 11.6 Å². The molecule has 2 rings (SSSR count). The summed E-state index contributed by atoms with van der Waals surface area (Å²) in [7, 11) is 0. The molecule has 1 aliphatic rings. The Morgan fingerprint density at radius 2 is 2.05 bits per heavy atom. The summed E-state index contributed by atoms with van der Waals surface area (Å²) in [5.41, 5.74) is 1.11. The molecule has 0 saturated heterocycles. The first kappa shape index (κ1) is 14.4. The van der Waals surface area contributed by atoms with Crippen LogP contribution in [0.2, 0.25) is 5.02 Å². The van der Waals surface area contributed by atoms with E-state index in [2.05, 4.69) is 0 Å². The molecule has 0 amide bonds. The maximum atomic E-state index is 12.0. The zero-order chi connectivity index (χ0) is 13.7. The Morgan fingerprint density at radius 3 is 2.79 bits per heavy atom. The highest BCUT2D eigenvalue weighted by Crippen LogP contribution is 2.27. The van der Waals surface area contributed by atoms with Crippen LogP contribution in [0.3, 0.4) is 0 Å². The highest BCUT2D eigenvalue weighted by molar-refractivity contribution is 6.32. The molecule has 0 spiro atoms. The fraction of sp³-hybridized carbons (Fsp3) is 0.562. The van der Waals surface area contributed by atoms with Crippen molar-refractivity contribution in [2.75, 3.05) is 6.61 Å². The van der Waals surface area contributed by atoms with Gasteiger partial charge in [-0.05, 0) is 37.5 Å². The lowest BCUT2D eigenvalue weighted by molar-refractivity contribution is -0.124. The molecule has 104 valence electrons. The fourth-order valence-electron chi connectivity index (χ4n) is 2.61. The van der Waals surface area contributed by atoms with E-state index in [0.717, 1.165) is 18.4 Å². The van der Waals surface area contributed by atoms with Crippen LogP contribution in [0.1, 0.15) is 44.1 Å². The van der Waals surface area contributed by atoms with Gasteiger partial charge < -0.3 is 4.74 Å². The van der Waals surface area contributed by atoms with Crippen molar-refractivity contribution in [1.29, 1.82) is 0 Å². The van der Waals surface area contributed by atoms with Gasteiger partial charge in [0.05, 0.1) is 11.6 Å². The van der Waals surface area contributed by atoms with Crippen LogP contribution in [0.25, 0.3) is 0 Å². The largest absolute Gasteiger partial charge is 0.492 e. The van der Waals surface area contributed by atoms with Crippen LogP contribution < -0.4 is 4.74 Å². The molecule has 0 aromatic heterocycles. The van der Waals surface area contributed by atoms with E-state index in [4.69, 9.17) is 16.3 Å². The molecule has 2 nitrogen and oxygen atoms in total. The summed E-state index contributed by atoms with van der Waals surface area (Å²) in [6.45, 7) is 2.43. The van der Waals surface area contributed by atoms with E-state index in [1.54, 1.807) is 0 Å². The molecule has 0 N–H and O–H groups in total. The standard InChI is InChI=1S/C16H21ClO2/c1-12-7-8-14(17)16(11-12)19-10-9-15(18)13-5-3-2-4-6-13/h7-8,11,13H,2-6,9-10H2,1H3. The van der Waals surface area contributed by atoms with E-state index in [9.17, 15) is 4.79 Å². The monoisotopic (exact) mass is 280 g/mol. The predicted molar refractivity (Wildman–Crippen MR) is 77.9 cm³/mol. The molecule has 0 radical (unpaired) electrons. The first-order chi connectivity index (χ1) is 9.16. The molecular weight excluding hydrogens is 260 g/mol. The zero-order valence-electron chi connectivity index (χ0n) is 11.5. The lowest BCUT2D eigenvalue weighted by Crippen LogP contribution is -2.19. The molecule has 0 unspecified atom stereocenters. The van der Waals surface area contributed by atoms with Crippen LogP contribution in [-0.4, -0.2) is 12.4 Å². The first-order valence-corrected chi connectivity index (χ1v) is 7.46. The maximum absolute atomic E-state index is 12.0. The average molecular weight is 281 g/mol. The third-order valence-corrected chi connectivity index (χ3v) is 4.07. The number of hydrogen-bond donors (Lipinski definition) is 0. The summed E-state index contributed by atoms with van der Waals surface area (Å²) in [5, 5.41) is 0.607. The van der Waals surface area contributed by atoms with Crippen LogP contribution in [0.15, 0.2) is 18.2 Å². The Kier molecular flexibility index (Phi) is 5.26. The summed E-state index contributed by atoms with van der Waals surface area (Å²) < 4.78 is 5.63. The smallest absolute Gasteiger partial charge is 0.139 e. The minimum absolute atomic E-state index is 0.269. The van der Waals surface area contributed by atoms with Crippen LogP contribution in [0, 0.1) is 12.8 Å². The van der Waals surface area contributed by atoms with Crippen molar-refractivity contribution >= 4 is 17.4 Å². The molecule has 0 bridgehead atoms. The summed E-state index contributed by atoms with van der Waals surface area (Å²) in [5.74, 6) is 1.30. The number of carbonyl (C=O) groups is 1. The zero-order valence-corrected chi connectivity index (χ0v) is 12.2. The third kappa shape index (κ3) is 4.24. The van der Waals surface area contributed by atoms with Gasteiger partial charge in [0.25, 0.3) is 0 Å². The van der Waals surface area contributed by atoms with Crippen molar-refractivity contribution in [3.63, 3.8) is 0 Å². The SMILES string of the molecule is Cc1ccc(Cl)c(OCCC(=O)C2CCCCC2)c1. The average Bonchev–Trinajstić information content (AvgIpc) is 2.43. The highest BCUT2D eigenvalue weighted by Gasteiger charge is 2.20. The number of carbonyl (C=O) groups excluding carboxylic acids is 1. The first-order valence-electron chi connectivity index (χ1n) is 7.08. The minimum atomic E-state index is 0.269. The summed E-state index contributed by atoms with van der Waals surface area (Å²) in [6, 6.07) is 5.69. The lowest BCUT2D eigenvalue weighted by atomic mass is 9.85. The summed E-state index contributed by atoms with van der Waals surface area (Å²) >= 11 is 6.05. The Labute approximate surface area is 120 Å². The van der Waals surface area contributed by atoms with Gasteiger partial charge in [-0.3, -0.25) is 4.79 Å². The second-order valence-electron chi connectivity index (χ2n) is 5.33. The van der Waals surface area contributed by atoms with Gasteiger partial charge in [-0.2, -0.15) is 0 Å².